The molecule has 0 aromatic heterocycles. The summed E-state index contributed by atoms with van der Waals surface area (Å²) in [5, 5.41) is 3.92. The number of carbonyl (C=O) groups is 1. The fourth-order valence-electron chi connectivity index (χ4n) is 3.06. The number of methoxy groups -OCH3 is 2. The Morgan fingerprint density at radius 2 is 1.89 bits per heavy atom. The van der Waals surface area contributed by atoms with Crippen LogP contribution in [0.1, 0.15) is 16.7 Å². The molecule has 1 aliphatic rings. The number of benzene rings is 2. The first-order valence-electron chi connectivity index (χ1n) is 8.64. The normalized spacial score (nSPS) is 14.3. The molecule has 27 heavy (non-hydrogen) atoms. The monoisotopic (exact) mass is 387 g/mol. The molecule has 0 radical (unpaired) electrons. The van der Waals surface area contributed by atoms with E-state index in [1.807, 2.05) is 19.1 Å². The fraction of sp³-hybridized carbons (Fsp3) is 0.286. The van der Waals surface area contributed by atoms with Crippen molar-refractivity contribution in [1.82, 2.24) is 5.32 Å². The van der Waals surface area contributed by atoms with Gasteiger partial charge in [0.05, 0.1) is 14.2 Å². The Balaban J connectivity index is 1.78. The van der Waals surface area contributed by atoms with Crippen LogP contribution in [-0.4, -0.2) is 33.2 Å². The number of aryl methyl sites for hydroxylation is 1. The number of fused-ring (bicyclic) bond motifs is 1. The third-order valence-electron chi connectivity index (χ3n) is 4.42. The average molecular weight is 388 g/mol. The second kappa shape index (κ2) is 8.35. The van der Waals surface area contributed by atoms with Gasteiger partial charge in [-0.3, -0.25) is 4.79 Å². The van der Waals surface area contributed by atoms with Crippen LogP contribution in [0.5, 0.6) is 17.2 Å². The third-order valence-corrected chi connectivity index (χ3v) is 4.66. The van der Waals surface area contributed by atoms with Gasteiger partial charge in [0.25, 0.3) is 0 Å². The van der Waals surface area contributed by atoms with Gasteiger partial charge < -0.3 is 19.5 Å². The Hall–Kier alpha value is -2.66. The maximum Gasteiger partial charge on any atom is 0.195 e. The Bertz CT molecular complexity index is 892. The summed E-state index contributed by atoms with van der Waals surface area (Å²) in [4.78, 5) is 12.4. The van der Waals surface area contributed by atoms with Crippen LogP contribution in [0, 0.1) is 6.92 Å². The summed E-state index contributed by atoms with van der Waals surface area (Å²) in [5.41, 5.74) is 3.70. The third kappa shape index (κ3) is 4.37. The van der Waals surface area contributed by atoms with Gasteiger partial charge in [0.2, 0.25) is 0 Å². The van der Waals surface area contributed by atoms with Crippen molar-refractivity contribution in [3.8, 4) is 17.2 Å². The molecule has 0 amide bonds. The molecule has 0 spiro atoms. The zero-order chi connectivity index (χ0) is 19.4. The number of hydrogen-bond donors (Lipinski definition) is 1. The first-order valence-corrected chi connectivity index (χ1v) is 9.02. The lowest BCUT2D eigenvalue weighted by atomic mass is 9.96. The van der Waals surface area contributed by atoms with Gasteiger partial charge in [-0.05, 0) is 54.8 Å². The van der Waals surface area contributed by atoms with Crippen LogP contribution in [0.3, 0.4) is 0 Å². The highest BCUT2D eigenvalue weighted by molar-refractivity contribution is 6.30. The van der Waals surface area contributed by atoms with Crippen LogP contribution in [0.25, 0.3) is 5.70 Å². The molecule has 0 bridgehead atoms. The fourth-order valence-corrected chi connectivity index (χ4v) is 3.29. The van der Waals surface area contributed by atoms with Gasteiger partial charge >= 0.3 is 0 Å². The summed E-state index contributed by atoms with van der Waals surface area (Å²) in [6.07, 6.45) is 2.43. The lowest BCUT2D eigenvalue weighted by Gasteiger charge is -2.23. The van der Waals surface area contributed by atoms with Crippen LogP contribution in [-0.2, 0) is 11.2 Å². The minimum absolute atomic E-state index is 0.0454. The SMILES string of the molecule is COc1cc2c(cc1OC)/C(=C/C(=O)COc1ccc(Cl)cc1C)NCC2. The number of rotatable bonds is 6. The molecule has 142 valence electrons. The number of nitrogens with one attached hydrogen (secondary N) is 1. The molecule has 1 heterocycles. The van der Waals surface area contributed by atoms with Crippen molar-refractivity contribution in [1.29, 1.82) is 0 Å². The number of hydrogen-bond acceptors (Lipinski definition) is 5. The van der Waals surface area contributed by atoms with Crippen molar-refractivity contribution >= 4 is 23.1 Å². The van der Waals surface area contributed by atoms with Crippen molar-refractivity contribution in [2.24, 2.45) is 0 Å². The van der Waals surface area contributed by atoms with Crippen molar-refractivity contribution in [3.63, 3.8) is 0 Å². The van der Waals surface area contributed by atoms with E-state index in [4.69, 9.17) is 25.8 Å². The quantitative estimate of drug-likeness (QED) is 0.764. The van der Waals surface area contributed by atoms with E-state index in [0.717, 1.165) is 35.4 Å². The van der Waals surface area contributed by atoms with Crippen molar-refractivity contribution in [3.05, 3.63) is 58.1 Å². The van der Waals surface area contributed by atoms with Crippen LogP contribution in [0.2, 0.25) is 5.02 Å². The zero-order valence-corrected chi connectivity index (χ0v) is 16.4. The minimum atomic E-state index is -0.130. The standard InChI is InChI=1S/C21H22ClNO4/c1-13-8-15(22)4-5-19(13)27-12-16(24)10-18-17-11-21(26-3)20(25-2)9-14(17)6-7-23-18/h4-5,8-11,23H,6-7,12H2,1-3H3/b18-10-. The Morgan fingerprint density at radius 1 is 1.15 bits per heavy atom. The number of ketones is 1. The molecule has 1 aliphatic heterocycles. The molecule has 0 saturated carbocycles. The Kier molecular flexibility index (Phi) is 5.91. The topological polar surface area (TPSA) is 56.8 Å². The predicted octanol–water partition coefficient (Wildman–Crippen LogP) is 3.80. The van der Waals surface area contributed by atoms with E-state index in [0.29, 0.717) is 22.3 Å². The van der Waals surface area contributed by atoms with E-state index in [1.54, 1.807) is 38.5 Å². The predicted molar refractivity (Wildman–Crippen MR) is 106 cm³/mol. The first-order chi connectivity index (χ1) is 13.0. The molecule has 2 aromatic rings. The van der Waals surface area contributed by atoms with Crippen molar-refractivity contribution in [2.75, 3.05) is 27.4 Å². The smallest absolute Gasteiger partial charge is 0.195 e. The van der Waals surface area contributed by atoms with E-state index in [1.165, 1.54) is 0 Å². The molecule has 0 atom stereocenters. The molecular formula is C21H22ClNO4. The molecule has 2 aromatic carbocycles. The van der Waals surface area contributed by atoms with Gasteiger partial charge in [0, 0.05) is 28.9 Å². The minimum Gasteiger partial charge on any atom is -0.493 e. The average Bonchev–Trinajstić information content (AvgIpc) is 2.66. The number of ether oxygens (including phenoxy) is 3. The van der Waals surface area contributed by atoms with Crippen molar-refractivity contribution < 1.29 is 19.0 Å². The lowest BCUT2D eigenvalue weighted by molar-refractivity contribution is -0.116. The van der Waals surface area contributed by atoms with E-state index in [9.17, 15) is 4.79 Å². The summed E-state index contributed by atoms with van der Waals surface area (Å²) in [7, 11) is 3.21. The molecule has 5 nitrogen and oxygen atoms in total. The lowest BCUT2D eigenvalue weighted by Crippen LogP contribution is -2.24. The molecule has 6 heteroatoms. The van der Waals surface area contributed by atoms with Gasteiger partial charge in [-0.2, -0.15) is 0 Å². The highest BCUT2D eigenvalue weighted by Crippen LogP contribution is 2.34. The molecule has 1 N–H and O–H groups in total. The summed E-state index contributed by atoms with van der Waals surface area (Å²) in [6.45, 7) is 2.60. The molecule has 0 saturated heterocycles. The van der Waals surface area contributed by atoms with Gasteiger partial charge in [-0.15, -0.1) is 0 Å². The molecule has 0 unspecified atom stereocenters. The van der Waals surface area contributed by atoms with E-state index < -0.39 is 0 Å². The van der Waals surface area contributed by atoms with Crippen LogP contribution < -0.4 is 19.5 Å². The van der Waals surface area contributed by atoms with Crippen LogP contribution >= 0.6 is 11.6 Å². The maximum absolute atomic E-state index is 12.4. The van der Waals surface area contributed by atoms with Crippen LogP contribution in [0.15, 0.2) is 36.4 Å². The van der Waals surface area contributed by atoms with Gasteiger partial charge in [0.1, 0.15) is 5.75 Å². The van der Waals surface area contributed by atoms with Crippen molar-refractivity contribution in [2.45, 2.75) is 13.3 Å². The highest BCUT2D eigenvalue weighted by atomic mass is 35.5. The number of halogens is 1. The largest absolute Gasteiger partial charge is 0.493 e. The summed E-state index contributed by atoms with van der Waals surface area (Å²) < 4.78 is 16.4. The second-order valence-corrected chi connectivity index (χ2v) is 6.70. The second-order valence-electron chi connectivity index (χ2n) is 6.26. The summed E-state index contributed by atoms with van der Waals surface area (Å²) >= 11 is 5.94. The number of carbonyl (C=O) groups excluding carboxylic acids is 1. The maximum atomic E-state index is 12.4. The van der Waals surface area contributed by atoms with Gasteiger partial charge in [-0.25, -0.2) is 0 Å². The Morgan fingerprint density at radius 3 is 2.59 bits per heavy atom. The molecule has 0 aliphatic carbocycles. The van der Waals surface area contributed by atoms with E-state index in [2.05, 4.69) is 5.32 Å². The molecule has 0 fully saturated rings. The highest BCUT2D eigenvalue weighted by Gasteiger charge is 2.19. The summed E-state index contributed by atoms with van der Waals surface area (Å²) in [5.74, 6) is 1.83. The summed E-state index contributed by atoms with van der Waals surface area (Å²) in [6, 6.07) is 9.16. The first kappa shape index (κ1) is 19.1. The van der Waals surface area contributed by atoms with Gasteiger partial charge in [0.15, 0.2) is 23.9 Å². The van der Waals surface area contributed by atoms with E-state index >= 15 is 0 Å². The Labute approximate surface area is 163 Å². The zero-order valence-electron chi connectivity index (χ0n) is 15.6. The van der Waals surface area contributed by atoms with E-state index in [-0.39, 0.29) is 12.4 Å². The van der Waals surface area contributed by atoms with Gasteiger partial charge in [-0.1, -0.05) is 11.6 Å². The van der Waals surface area contributed by atoms with Crippen LogP contribution in [0.4, 0.5) is 0 Å². The molecule has 3 rings (SSSR count). The molecular weight excluding hydrogens is 366 g/mol.